The minimum atomic E-state index is -0.318. The third-order valence-electron chi connectivity index (χ3n) is 3.76. The largest absolute Gasteiger partial charge is 0.343 e. The number of hydrogen-bond donors (Lipinski definition) is 2. The lowest BCUT2D eigenvalue weighted by Crippen LogP contribution is -2.31. The zero-order chi connectivity index (χ0) is 18.9. The van der Waals surface area contributed by atoms with Crippen LogP contribution < -0.4 is 10.6 Å². The van der Waals surface area contributed by atoms with Crippen molar-refractivity contribution >= 4 is 23.6 Å². The van der Waals surface area contributed by atoms with Crippen LogP contribution in [0.5, 0.6) is 0 Å². The molecule has 6 nitrogen and oxygen atoms in total. The van der Waals surface area contributed by atoms with E-state index in [4.69, 9.17) is 0 Å². The van der Waals surface area contributed by atoms with Crippen molar-refractivity contribution in [3.8, 4) is 0 Å². The molecule has 1 heterocycles. The molecule has 0 fully saturated rings. The first-order valence-electron chi connectivity index (χ1n) is 8.56. The summed E-state index contributed by atoms with van der Waals surface area (Å²) in [6, 6.07) is 18.9. The molecule has 0 unspecified atom stereocenters. The maximum absolute atomic E-state index is 12.1. The topological polar surface area (TPSA) is 76.0 Å². The highest BCUT2D eigenvalue weighted by atomic mass is 16.2. The monoisotopic (exact) mass is 360 g/mol. The average Bonchev–Trinajstić information content (AvgIpc) is 3.19. The van der Waals surface area contributed by atoms with Crippen molar-refractivity contribution in [3.05, 3.63) is 90.3 Å². The SMILES string of the molecule is O=C(/C=C/c1ccccc1)NCC(=O)Nc1cccc(Cn2cccn2)c1. The van der Waals surface area contributed by atoms with E-state index < -0.39 is 0 Å². The third kappa shape index (κ3) is 5.97. The number of aromatic nitrogens is 2. The van der Waals surface area contributed by atoms with Crippen LogP contribution in [0.4, 0.5) is 5.69 Å². The van der Waals surface area contributed by atoms with E-state index in [0.29, 0.717) is 12.2 Å². The number of hydrogen-bond acceptors (Lipinski definition) is 3. The predicted molar refractivity (Wildman–Crippen MR) is 105 cm³/mol. The van der Waals surface area contributed by atoms with E-state index >= 15 is 0 Å². The van der Waals surface area contributed by atoms with E-state index in [1.807, 2.05) is 66.9 Å². The lowest BCUT2D eigenvalue weighted by Gasteiger charge is -2.08. The van der Waals surface area contributed by atoms with Gasteiger partial charge in [-0.2, -0.15) is 5.10 Å². The van der Waals surface area contributed by atoms with Crippen molar-refractivity contribution in [3.63, 3.8) is 0 Å². The zero-order valence-corrected chi connectivity index (χ0v) is 14.7. The number of carbonyl (C=O) groups excluding carboxylic acids is 2. The van der Waals surface area contributed by atoms with Gasteiger partial charge in [0.15, 0.2) is 0 Å². The molecule has 1 aromatic heterocycles. The molecule has 0 bridgehead atoms. The van der Waals surface area contributed by atoms with Gasteiger partial charge in [0.05, 0.1) is 13.1 Å². The van der Waals surface area contributed by atoms with Crippen molar-refractivity contribution in [1.82, 2.24) is 15.1 Å². The highest BCUT2D eigenvalue weighted by Gasteiger charge is 2.05. The summed E-state index contributed by atoms with van der Waals surface area (Å²) in [6.07, 6.45) is 6.71. The predicted octanol–water partition coefficient (Wildman–Crippen LogP) is 2.70. The molecule has 3 aromatic rings. The molecule has 0 spiro atoms. The second-order valence-corrected chi connectivity index (χ2v) is 5.91. The number of rotatable bonds is 7. The Balaban J connectivity index is 1.47. The zero-order valence-electron chi connectivity index (χ0n) is 14.7. The Kier molecular flexibility index (Phi) is 6.14. The molecular weight excluding hydrogens is 340 g/mol. The maximum atomic E-state index is 12.1. The molecule has 27 heavy (non-hydrogen) atoms. The van der Waals surface area contributed by atoms with Crippen LogP contribution in [0.3, 0.4) is 0 Å². The summed E-state index contributed by atoms with van der Waals surface area (Å²) in [6.45, 7) is 0.527. The fraction of sp³-hybridized carbons (Fsp3) is 0.0952. The van der Waals surface area contributed by atoms with Gasteiger partial charge < -0.3 is 10.6 Å². The highest BCUT2D eigenvalue weighted by Crippen LogP contribution is 2.11. The Morgan fingerprint density at radius 3 is 2.67 bits per heavy atom. The number of nitrogens with one attached hydrogen (secondary N) is 2. The molecule has 0 saturated carbocycles. The number of anilines is 1. The Bertz CT molecular complexity index is 918. The van der Waals surface area contributed by atoms with Gasteiger partial charge >= 0.3 is 0 Å². The Labute approximate surface area is 157 Å². The lowest BCUT2D eigenvalue weighted by atomic mass is 10.2. The Morgan fingerprint density at radius 2 is 1.89 bits per heavy atom. The quantitative estimate of drug-likeness (QED) is 0.636. The van der Waals surface area contributed by atoms with Gasteiger partial charge in [-0.3, -0.25) is 14.3 Å². The van der Waals surface area contributed by atoms with Crippen LogP contribution in [0, 0.1) is 0 Å². The van der Waals surface area contributed by atoms with Gasteiger partial charge in [-0.15, -0.1) is 0 Å². The maximum Gasteiger partial charge on any atom is 0.244 e. The lowest BCUT2D eigenvalue weighted by molar-refractivity contribution is -0.121. The molecule has 2 aromatic carbocycles. The summed E-state index contributed by atoms with van der Waals surface area (Å²) in [4.78, 5) is 23.9. The molecule has 6 heteroatoms. The summed E-state index contributed by atoms with van der Waals surface area (Å²) < 4.78 is 1.81. The van der Waals surface area contributed by atoms with E-state index in [1.165, 1.54) is 6.08 Å². The van der Waals surface area contributed by atoms with Crippen LogP contribution in [-0.4, -0.2) is 28.1 Å². The number of benzene rings is 2. The molecule has 2 amide bonds. The first-order chi connectivity index (χ1) is 13.2. The summed E-state index contributed by atoms with van der Waals surface area (Å²) in [5.74, 6) is -0.603. The van der Waals surface area contributed by atoms with Gasteiger partial charge in [-0.05, 0) is 35.4 Å². The minimum Gasteiger partial charge on any atom is -0.343 e. The van der Waals surface area contributed by atoms with Crippen LogP contribution in [0.15, 0.2) is 79.1 Å². The molecule has 0 aliphatic rings. The smallest absolute Gasteiger partial charge is 0.244 e. The molecule has 136 valence electrons. The molecule has 0 aliphatic heterocycles. The number of nitrogens with zero attached hydrogens (tertiary/aromatic N) is 2. The van der Waals surface area contributed by atoms with Crippen LogP contribution in [-0.2, 0) is 16.1 Å². The van der Waals surface area contributed by atoms with Crippen molar-refractivity contribution < 1.29 is 9.59 Å². The Morgan fingerprint density at radius 1 is 1.04 bits per heavy atom. The summed E-state index contributed by atoms with van der Waals surface area (Å²) in [7, 11) is 0. The van der Waals surface area contributed by atoms with Gasteiger partial charge in [0.1, 0.15) is 0 Å². The van der Waals surface area contributed by atoms with Crippen molar-refractivity contribution in [1.29, 1.82) is 0 Å². The van der Waals surface area contributed by atoms with Crippen LogP contribution in [0.1, 0.15) is 11.1 Å². The summed E-state index contributed by atoms with van der Waals surface area (Å²) in [5, 5.41) is 9.52. The van der Waals surface area contributed by atoms with Crippen molar-refractivity contribution in [2.45, 2.75) is 6.54 Å². The van der Waals surface area contributed by atoms with Crippen LogP contribution in [0.25, 0.3) is 6.08 Å². The molecular formula is C21H20N4O2. The fourth-order valence-electron chi connectivity index (χ4n) is 2.50. The van der Waals surface area contributed by atoms with Crippen molar-refractivity contribution in [2.24, 2.45) is 0 Å². The molecule has 3 rings (SSSR count). The molecule has 0 radical (unpaired) electrons. The molecule has 0 saturated heterocycles. The van der Waals surface area contributed by atoms with Crippen LogP contribution in [0.2, 0.25) is 0 Å². The van der Waals surface area contributed by atoms with E-state index in [9.17, 15) is 9.59 Å². The average molecular weight is 360 g/mol. The first-order valence-corrected chi connectivity index (χ1v) is 8.56. The Hall–Kier alpha value is -3.67. The second kappa shape index (κ2) is 9.15. The minimum absolute atomic E-state index is 0.0959. The van der Waals surface area contributed by atoms with Gasteiger partial charge in [0.25, 0.3) is 0 Å². The van der Waals surface area contributed by atoms with E-state index in [-0.39, 0.29) is 18.4 Å². The molecule has 2 N–H and O–H groups in total. The van der Waals surface area contributed by atoms with E-state index in [1.54, 1.807) is 17.0 Å². The van der Waals surface area contributed by atoms with Gasteiger partial charge in [0.2, 0.25) is 11.8 Å². The van der Waals surface area contributed by atoms with Gasteiger partial charge in [-0.25, -0.2) is 0 Å². The normalized spacial score (nSPS) is 10.7. The standard InChI is InChI=1S/C21H20N4O2/c26-20(11-10-17-6-2-1-3-7-17)22-15-21(27)24-19-9-4-8-18(14-19)16-25-13-5-12-23-25/h1-14H,15-16H2,(H,22,26)(H,24,27)/b11-10+. The van der Waals surface area contributed by atoms with Gasteiger partial charge in [0, 0.05) is 24.2 Å². The summed E-state index contributed by atoms with van der Waals surface area (Å²) >= 11 is 0. The molecule has 0 aliphatic carbocycles. The first kappa shape index (κ1) is 18.1. The van der Waals surface area contributed by atoms with Crippen LogP contribution >= 0.6 is 0 Å². The molecule has 0 atom stereocenters. The third-order valence-corrected chi connectivity index (χ3v) is 3.76. The van der Waals surface area contributed by atoms with Crippen molar-refractivity contribution in [2.75, 3.05) is 11.9 Å². The van der Waals surface area contributed by atoms with Gasteiger partial charge in [-0.1, -0.05) is 42.5 Å². The fourth-order valence-corrected chi connectivity index (χ4v) is 2.50. The highest BCUT2D eigenvalue weighted by molar-refractivity contribution is 5.98. The number of carbonyl (C=O) groups is 2. The van der Waals surface area contributed by atoms with E-state index in [0.717, 1.165) is 11.1 Å². The van der Waals surface area contributed by atoms with E-state index in [2.05, 4.69) is 15.7 Å². The second-order valence-electron chi connectivity index (χ2n) is 5.91. The number of amides is 2. The summed E-state index contributed by atoms with van der Waals surface area (Å²) in [5.41, 5.74) is 2.62.